The molecule has 3 heterocycles. The molecule has 0 saturated carbocycles. The lowest BCUT2D eigenvalue weighted by Gasteiger charge is -2.49. The molecule has 3 aliphatic rings. The van der Waals surface area contributed by atoms with Crippen molar-refractivity contribution in [1.29, 1.82) is 0 Å². The number of nitrogens with zero attached hydrogens (tertiary/aromatic N) is 2. The van der Waals surface area contributed by atoms with Crippen LogP contribution in [0.2, 0.25) is 0 Å². The molecule has 1 amide bonds. The summed E-state index contributed by atoms with van der Waals surface area (Å²) in [5.74, 6) is 0.166. The van der Waals surface area contributed by atoms with Crippen LogP contribution in [0, 0.1) is 0 Å². The molecule has 0 aromatic heterocycles. The topological polar surface area (TPSA) is 32.8 Å². The van der Waals surface area contributed by atoms with Crippen molar-refractivity contribution in [2.75, 3.05) is 32.8 Å². The largest absolute Gasteiger partial charge is 0.375 e. The van der Waals surface area contributed by atoms with Gasteiger partial charge in [-0.2, -0.15) is 0 Å². The lowest BCUT2D eigenvalue weighted by atomic mass is 9.81. The van der Waals surface area contributed by atoms with Crippen LogP contribution in [0.1, 0.15) is 55.3 Å². The van der Waals surface area contributed by atoms with Crippen molar-refractivity contribution >= 4 is 5.91 Å². The summed E-state index contributed by atoms with van der Waals surface area (Å²) >= 11 is 0. The van der Waals surface area contributed by atoms with Crippen molar-refractivity contribution in [3.05, 3.63) is 35.9 Å². The van der Waals surface area contributed by atoms with E-state index in [1.54, 1.807) is 0 Å². The highest BCUT2D eigenvalue weighted by Gasteiger charge is 2.42. The Hall–Kier alpha value is -1.39. The van der Waals surface area contributed by atoms with Gasteiger partial charge in [0, 0.05) is 31.3 Å². The number of piperidine rings is 2. The molecule has 3 aliphatic heterocycles. The Morgan fingerprint density at radius 3 is 2.44 bits per heavy atom. The Labute approximate surface area is 151 Å². The van der Waals surface area contributed by atoms with Gasteiger partial charge in [-0.3, -0.25) is 4.79 Å². The van der Waals surface area contributed by atoms with Crippen LogP contribution in [-0.4, -0.2) is 60.1 Å². The summed E-state index contributed by atoms with van der Waals surface area (Å²) in [6.07, 6.45) is 8.38. The van der Waals surface area contributed by atoms with Gasteiger partial charge < -0.3 is 14.5 Å². The number of amides is 1. The summed E-state index contributed by atoms with van der Waals surface area (Å²) in [5, 5.41) is 0. The van der Waals surface area contributed by atoms with Gasteiger partial charge in [0.1, 0.15) is 0 Å². The summed E-state index contributed by atoms with van der Waals surface area (Å²) in [5.41, 5.74) is 0.808. The predicted octanol–water partition coefficient (Wildman–Crippen LogP) is 3.33. The van der Waals surface area contributed by atoms with Crippen LogP contribution in [0.25, 0.3) is 0 Å². The highest BCUT2D eigenvalue weighted by atomic mass is 16.5. The Balaban J connectivity index is 1.36. The second-order valence-corrected chi connectivity index (χ2v) is 7.93. The molecule has 3 saturated heterocycles. The van der Waals surface area contributed by atoms with Crippen molar-refractivity contribution in [3.63, 3.8) is 0 Å². The molecule has 0 N–H and O–H groups in total. The van der Waals surface area contributed by atoms with Gasteiger partial charge in [-0.25, -0.2) is 0 Å². The van der Waals surface area contributed by atoms with Crippen LogP contribution in [0.5, 0.6) is 0 Å². The SMILES string of the molecule is O=C(c1ccccc1)N1CCC2(CC1)CC(N1CCCCC1)CCO2. The molecule has 4 rings (SSSR count). The van der Waals surface area contributed by atoms with E-state index in [1.807, 2.05) is 35.2 Å². The molecule has 1 aromatic carbocycles. The first kappa shape index (κ1) is 17.0. The van der Waals surface area contributed by atoms with Crippen LogP contribution < -0.4 is 0 Å². The Morgan fingerprint density at radius 2 is 1.72 bits per heavy atom. The van der Waals surface area contributed by atoms with E-state index in [4.69, 9.17) is 4.74 Å². The van der Waals surface area contributed by atoms with Crippen molar-refractivity contribution in [3.8, 4) is 0 Å². The monoisotopic (exact) mass is 342 g/mol. The summed E-state index contributed by atoms with van der Waals surface area (Å²) in [6.45, 7) is 5.05. The number of rotatable bonds is 2. The molecule has 1 aromatic rings. The van der Waals surface area contributed by atoms with E-state index in [0.717, 1.165) is 44.5 Å². The van der Waals surface area contributed by atoms with Gasteiger partial charge in [-0.15, -0.1) is 0 Å². The van der Waals surface area contributed by atoms with Gasteiger partial charge in [0.15, 0.2) is 0 Å². The summed E-state index contributed by atoms with van der Waals surface area (Å²) in [7, 11) is 0. The fourth-order valence-electron chi connectivity index (χ4n) is 4.83. The number of likely N-dealkylation sites (tertiary alicyclic amines) is 2. The van der Waals surface area contributed by atoms with E-state index in [9.17, 15) is 4.79 Å². The summed E-state index contributed by atoms with van der Waals surface area (Å²) in [6, 6.07) is 10.3. The summed E-state index contributed by atoms with van der Waals surface area (Å²) in [4.78, 5) is 17.4. The van der Waals surface area contributed by atoms with Crippen molar-refractivity contribution in [2.45, 2.75) is 56.6 Å². The second kappa shape index (κ2) is 7.46. The van der Waals surface area contributed by atoms with Gasteiger partial charge in [0.05, 0.1) is 5.60 Å². The third-order valence-electron chi connectivity index (χ3n) is 6.36. The second-order valence-electron chi connectivity index (χ2n) is 7.93. The van der Waals surface area contributed by atoms with Gasteiger partial charge >= 0.3 is 0 Å². The lowest BCUT2D eigenvalue weighted by Crippen LogP contribution is -2.55. The van der Waals surface area contributed by atoms with Crippen LogP contribution in [0.4, 0.5) is 0 Å². The van der Waals surface area contributed by atoms with Crippen LogP contribution in [0.3, 0.4) is 0 Å². The van der Waals surface area contributed by atoms with E-state index >= 15 is 0 Å². The standard InChI is InChI=1S/C21H30N2O2/c24-20(18-7-3-1-4-8-18)23-14-10-21(11-15-23)17-19(9-16-25-21)22-12-5-2-6-13-22/h1,3-4,7-8,19H,2,5-6,9-17H2. The quantitative estimate of drug-likeness (QED) is 0.826. The predicted molar refractivity (Wildman–Crippen MR) is 98.7 cm³/mol. The molecule has 136 valence electrons. The molecule has 0 bridgehead atoms. The van der Waals surface area contributed by atoms with E-state index in [-0.39, 0.29) is 11.5 Å². The average Bonchev–Trinajstić information content (AvgIpc) is 2.69. The normalized spacial score (nSPS) is 27.4. The average molecular weight is 342 g/mol. The number of benzene rings is 1. The van der Waals surface area contributed by atoms with E-state index < -0.39 is 0 Å². The van der Waals surface area contributed by atoms with Gasteiger partial charge in [-0.1, -0.05) is 24.6 Å². The zero-order valence-electron chi connectivity index (χ0n) is 15.2. The van der Waals surface area contributed by atoms with Gasteiger partial charge in [0.25, 0.3) is 5.91 Å². The summed E-state index contributed by atoms with van der Waals surface area (Å²) < 4.78 is 6.30. The van der Waals surface area contributed by atoms with Crippen LogP contribution in [0.15, 0.2) is 30.3 Å². The maximum atomic E-state index is 12.7. The molecule has 4 heteroatoms. The smallest absolute Gasteiger partial charge is 0.253 e. The number of hydrogen-bond donors (Lipinski definition) is 0. The number of hydrogen-bond acceptors (Lipinski definition) is 3. The maximum absolute atomic E-state index is 12.7. The fraction of sp³-hybridized carbons (Fsp3) is 0.667. The van der Waals surface area contributed by atoms with Gasteiger partial charge in [-0.05, 0) is 63.7 Å². The van der Waals surface area contributed by atoms with Crippen LogP contribution in [-0.2, 0) is 4.74 Å². The fourth-order valence-corrected chi connectivity index (χ4v) is 4.83. The zero-order chi connectivity index (χ0) is 17.1. The third-order valence-corrected chi connectivity index (χ3v) is 6.36. The molecule has 4 nitrogen and oxygen atoms in total. The molecule has 1 atom stereocenters. The van der Waals surface area contributed by atoms with Crippen molar-refractivity contribution in [1.82, 2.24) is 9.80 Å². The highest BCUT2D eigenvalue weighted by Crippen LogP contribution is 2.37. The molecule has 0 radical (unpaired) electrons. The first-order valence-electron chi connectivity index (χ1n) is 9.98. The molecular weight excluding hydrogens is 312 g/mol. The first-order chi connectivity index (χ1) is 12.3. The third kappa shape index (κ3) is 3.75. The molecule has 25 heavy (non-hydrogen) atoms. The Morgan fingerprint density at radius 1 is 1.00 bits per heavy atom. The van der Waals surface area contributed by atoms with Crippen LogP contribution >= 0.6 is 0 Å². The number of ether oxygens (including phenoxy) is 1. The van der Waals surface area contributed by atoms with E-state index in [1.165, 1.54) is 38.8 Å². The minimum Gasteiger partial charge on any atom is -0.375 e. The molecular formula is C21H30N2O2. The number of carbonyl (C=O) groups is 1. The van der Waals surface area contributed by atoms with Crippen molar-refractivity contribution in [2.24, 2.45) is 0 Å². The molecule has 1 unspecified atom stereocenters. The molecule has 1 spiro atoms. The van der Waals surface area contributed by atoms with Gasteiger partial charge in [0.2, 0.25) is 0 Å². The minimum absolute atomic E-state index is 0.00777. The van der Waals surface area contributed by atoms with E-state index in [2.05, 4.69) is 4.90 Å². The number of carbonyl (C=O) groups excluding carboxylic acids is 1. The Bertz CT molecular complexity index is 575. The lowest BCUT2D eigenvalue weighted by molar-refractivity contribution is -0.131. The minimum atomic E-state index is 0.00777. The zero-order valence-corrected chi connectivity index (χ0v) is 15.2. The first-order valence-corrected chi connectivity index (χ1v) is 9.98. The molecule has 0 aliphatic carbocycles. The highest BCUT2D eigenvalue weighted by molar-refractivity contribution is 5.94. The maximum Gasteiger partial charge on any atom is 0.253 e. The van der Waals surface area contributed by atoms with Crippen molar-refractivity contribution < 1.29 is 9.53 Å². The van der Waals surface area contributed by atoms with E-state index in [0.29, 0.717) is 6.04 Å². The Kier molecular flexibility index (Phi) is 5.09. The molecule has 3 fully saturated rings.